The van der Waals surface area contributed by atoms with Gasteiger partial charge in [0.1, 0.15) is 6.67 Å². The summed E-state index contributed by atoms with van der Waals surface area (Å²) >= 11 is -1.97. The van der Waals surface area contributed by atoms with Gasteiger partial charge in [-0.25, -0.2) is 8.60 Å². The lowest BCUT2D eigenvalue weighted by Gasteiger charge is -2.21. The van der Waals surface area contributed by atoms with Crippen LogP contribution in [0.15, 0.2) is 29.2 Å². The lowest BCUT2D eigenvalue weighted by molar-refractivity contribution is 0.242. The van der Waals surface area contributed by atoms with Crippen molar-refractivity contribution in [2.45, 2.75) is 10.9 Å². The van der Waals surface area contributed by atoms with Gasteiger partial charge >= 0.3 is 0 Å². The van der Waals surface area contributed by atoms with Gasteiger partial charge in [0.2, 0.25) is 0 Å². The molecule has 0 aliphatic heterocycles. The summed E-state index contributed by atoms with van der Waals surface area (Å²) in [4.78, 5) is 2.10. The van der Waals surface area contributed by atoms with Gasteiger partial charge in [0.05, 0.1) is 10.9 Å². The van der Waals surface area contributed by atoms with Crippen molar-refractivity contribution in [1.29, 1.82) is 0 Å². The van der Waals surface area contributed by atoms with Gasteiger partial charge in [-0.05, 0) is 31.8 Å². The molecule has 84 valence electrons. The van der Waals surface area contributed by atoms with Gasteiger partial charge in [0.15, 0.2) is 11.1 Å². The van der Waals surface area contributed by atoms with E-state index in [1.807, 2.05) is 0 Å². The maximum Gasteiger partial charge on any atom is 0.186 e. The minimum Gasteiger partial charge on any atom is -0.302 e. The molecule has 0 aliphatic carbocycles. The Kier molecular flexibility index (Phi) is 4.38. The summed E-state index contributed by atoms with van der Waals surface area (Å²) in [6.45, 7) is -0.478. The summed E-state index contributed by atoms with van der Waals surface area (Å²) < 4.78 is 32.2. The maximum absolute atomic E-state index is 12.7. The van der Waals surface area contributed by atoms with Crippen LogP contribution in [0.3, 0.4) is 0 Å². The van der Waals surface area contributed by atoms with Crippen molar-refractivity contribution in [3.05, 3.63) is 29.8 Å². The molecule has 0 heterocycles. The molecule has 0 saturated heterocycles. The van der Waals surface area contributed by atoms with Crippen LogP contribution in [0.5, 0.6) is 0 Å². The number of rotatable bonds is 4. The molecule has 0 aromatic heterocycles. The highest BCUT2D eigenvalue weighted by molar-refractivity contribution is 7.79. The van der Waals surface area contributed by atoms with Gasteiger partial charge in [-0.15, -0.1) is 0 Å². The van der Waals surface area contributed by atoms with Crippen LogP contribution in [0.1, 0.15) is 11.6 Å². The van der Waals surface area contributed by atoms with Crippen molar-refractivity contribution >= 4 is 11.1 Å². The van der Waals surface area contributed by atoms with E-state index in [4.69, 9.17) is 4.55 Å². The van der Waals surface area contributed by atoms with Gasteiger partial charge in [-0.3, -0.25) is 0 Å². The molecule has 1 rings (SSSR count). The highest BCUT2D eigenvalue weighted by atomic mass is 32.2. The zero-order chi connectivity index (χ0) is 11.4. The molecule has 3 nitrogen and oxygen atoms in total. The summed E-state index contributed by atoms with van der Waals surface area (Å²) in [5.74, 6) is 0. The fraction of sp³-hybridized carbons (Fsp3) is 0.400. The third-order valence-electron chi connectivity index (χ3n) is 2.24. The van der Waals surface area contributed by atoms with Crippen LogP contribution in [0.4, 0.5) is 4.39 Å². The molecule has 2 atom stereocenters. The Hall–Kier alpha value is -0.780. The Morgan fingerprint density at radius 2 is 1.93 bits per heavy atom. The SMILES string of the molecule is CN(C)C(CF)c1ccc(S(=O)O)cc1. The van der Waals surface area contributed by atoms with Crippen LogP contribution in [0, 0.1) is 0 Å². The second kappa shape index (κ2) is 5.34. The van der Waals surface area contributed by atoms with Gasteiger partial charge in [-0.1, -0.05) is 12.1 Å². The maximum atomic E-state index is 12.7. The fourth-order valence-corrected chi connectivity index (χ4v) is 1.70. The Balaban J connectivity index is 2.92. The molecule has 1 aromatic rings. The molecule has 0 spiro atoms. The molecule has 0 bridgehead atoms. The van der Waals surface area contributed by atoms with Crippen molar-refractivity contribution in [2.75, 3.05) is 20.8 Å². The molecule has 1 aromatic carbocycles. The van der Waals surface area contributed by atoms with E-state index in [2.05, 4.69) is 0 Å². The van der Waals surface area contributed by atoms with Crippen LogP contribution < -0.4 is 0 Å². The Bertz CT molecular complexity index is 340. The van der Waals surface area contributed by atoms with E-state index in [0.29, 0.717) is 4.90 Å². The van der Waals surface area contributed by atoms with Crippen LogP contribution in [-0.4, -0.2) is 34.4 Å². The predicted octanol–water partition coefficient (Wildman–Crippen LogP) is 1.84. The number of hydrogen-bond acceptors (Lipinski definition) is 2. The first-order valence-electron chi connectivity index (χ1n) is 4.49. The molecule has 1 N–H and O–H groups in total. The standard InChI is InChI=1S/C10H14FNO2S/c1-12(2)10(7-11)8-3-5-9(6-4-8)15(13)14/h3-6,10H,7H2,1-2H3,(H,13,14). The molecule has 0 fully saturated rings. The average molecular weight is 231 g/mol. The Morgan fingerprint density at radius 1 is 1.40 bits per heavy atom. The van der Waals surface area contributed by atoms with E-state index in [1.165, 1.54) is 12.1 Å². The third-order valence-corrected chi connectivity index (χ3v) is 2.91. The van der Waals surface area contributed by atoms with Crippen LogP contribution in [-0.2, 0) is 11.1 Å². The van der Waals surface area contributed by atoms with E-state index >= 15 is 0 Å². The number of hydrogen-bond donors (Lipinski definition) is 1. The van der Waals surface area contributed by atoms with Gasteiger partial charge in [-0.2, -0.15) is 0 Å². The number of halogens is 1. The van der Waals surface area contributed by atoms with Crippen molar-refractivity contribution in [3.63, 3.8) is 0 Å². The summed E-state index contributed by atoms with van der Waals surface area (Å²) in [5, 5.41) is 0. The van der Waals surface area contributed by atoms with Crippen LogP contribution in [0.25, 0.3) is 0 Å². The molecule has 0 saturated carbocycles. The summed E-state index contributed by atoms with van der Waals surface area (Å²) in [6, 6.07) is 6.13. The average Bonchev–Trinajstić information content (AvgIpc) is 2.19. The van der Waals surface area contributed by atoms with Gasteiger partial charge in [0, 0.05) is 0 Å². The molecule has 2 unspecified atom stereocenters. The molecule has 15 heavy (non-hydrogen) atoms. The minimum absolute atomic E-state index is 0.300. The smallest absolute Gasteiger partial charge is 0.186 e. The lowest BCUT2D eigenvalue weighted by atomic mass is 10.1. The predicted molar refractivity (Wildman–Crippen MR) is 57.9 cm³/mol. The van der Waals surface area contributed by atoms with Crippen molar-refractivity contribution in [3.8, 4) is 0 Å². The Labute approximate surface area is 91.2 Å². The highest BCUT2D eigenvalue weighted by Crippen LogP contribution is 2.19. The molecule has 0 amide bonds. The molecular formula is C10H14FNO2S. The molecule has 5 heteroatoms. The van der Waals surface area contributed by atoms with Crippen molar-refractivity contribution < 1.29 is 13.2 Å². The van der Waals surface area contributed by atoms with E-state index in [-0.39, 0.29) is 6.04 Å². The van der Waals surface area contributed by atoms with E-state index in [1.54, 1.807) is 31.1 Å². The fourth-order valence-electron chi connectivity index (χ4n) is 1.33. The second-order valence-electron chi connectivity index (χ2n) is 3.45. The number of benzene rings is 1. The van der Waals surface area contributed by atoms with Crippen LogP contribution >= 0.6 is 0 Å². The number of alkyl halides is 1. The normalized spacial score (nSPS) is 15.3. The minimum atomic E-state index is -1.97. The highest BCUT2D eigenvalue weighted by Gasteiger charge is 2.13. The molecule has 0 radical (unpaired) electrons. The molecular weight excluding hydrogens is 217 g/mol. The van der Waals surface area contributed by atoms with E-state index in [0.717, 1.165) is 5.56 Å². The Morgan fingerprint density at radius 3 is 2.27 bits per heavy atom. The van der Waals surface area contributed by atoms with E-state index < -0.39 is 17.8 Å². The third kappa shape index (κ3) is 3.09. The molecule has 0 aliphatic rings. The first-order chi connectivity index (χ1) is 7.06. The van der Waals surface area contributed by atoms with E-state index in [9.17, 15) is 8.60 Å². The zero-order valence-corrected chi connectivity index (χ0v) is 9.50. The topological polar surface area (TPSA) is 40.5 Å². The quantitative estimate of drug-likeness (QED) is 0.804. The van der Waals surface area contributed by atoms with Gasteiger partial charge < -0.3 is 9.45 Å². The first kappa shape index (κ1) is 12.3. The first-order valence-corrected chi connectivity index (χ1v) is 5.60. The largest absolute Gasteiger partial charge is 0.302 e. The summed E-state index contributed by atoms with van der Waals surface area (Å²) in [7, 11) is 3.59. The summed E-state index contributed by atoms with van der Waals surface area (Å²) in [5.41, 5.74) is 0.803. The monoisotopic (exact) mass is 231 g/mol. The van der Waals surface area contributed by atoms with Crippen molar-refractivity contribution in [2.24, 2.45) is 0 Å². The number of nitrogens with zero attached hydrogens (tertiary/aromatic N) is 1. The summed E-state index contributed by atoms with van der Waals surface area (Å²) in [6.07, 6.45) is 0. The van der Waals surface area contributed by atoms with Gasteiger partial charge in [0.25, 0.3) is 0 Å². The second-order valence-corrected chi connectivity index (χ2v) is 4.42. The zero-order valence-electron chi connectivity index (χ0n) is 8.68. The lowest BCUT2D eigenvalue weighted by Crippen LogP contribution is -2.21. The van der Waals surface area contributed by atoms with Crippen molar-refractivity contribution in [1.82, 2.24) is 4.90 Å². The van der Waals surface area contributed by atoms with Crippen LogP contribution in [0.2, 0.25) is 0 Å².